The monoisotopic (exact) mass is 431 g/mol. The van der Waals surface area contributed by atoms with Gasteiger partial charge >= 0.3 is 0 Å². The number of hydrogen-bond donors (Lipinski definition) is 1. The molecule has 0 unspecified atom stereocenters. The average Bonchev–Trinajstić information content (AvgIpc) is 3.47. The Morgan fingerprint density at radius 2 is 1.80 bits per heavy atom. The molecule has 4 aromatic rings. The lowest BCUT2D eigenvalue weighted by atomic mass is 9.96. The van der Waals surface area contributed by atoms with E-state index in [1.807, 2.05) is 48.1 Å². The lowest BCUT2D eigenvalue weighted by Crippen LogP contribution is -2.29. The summed E-state index contributed by atoms with van der Waals surface area (Å²) in [7, 11) is 0. The lowest BCUT2D eigenvalue weighted by Gasteiger charge is -2.28. The van der Waals surface area contributed by atoms with E-state index in [0.717, 1.165) is 22.2 Å². The molecule has 7 heteroatoms. The molecule has 0 radical (unpaired) electrons. The van der Waals surface area contributed by atoms with Crippen LogP contribution in [0.3, 0.4) is 0 Å². The largest absolute Gasteiger partial charge is 0.351 e. The highest BCUT2D eigenvalue weighted by Crippen LogP contribution is 2.43. The molecule has 0 spiro atoms. The molecule has 30 heavy (non-hydrogen) atoms. The number of benzene rings is 1. The van der Waals surface area contributed by atoms with Crippen LogP contribution < -0.4 is 10.2 Å². The molecule has 4 heterocycles. The second kappa shape index (κ2) is 7.66. The van der Waals surface area contributed by atoms with Crippen LogP contribution >= 0.6 is 23.6 Å². The van der Waals surface area contributed by atoms with E-state index in [0.29, 0.717) is 5.11 Å². The number of aryl methyl sites for hydroxylation is 1. The minimum absolute atomic E-state index is 0.0188. The van der Waals surface area contributed by atoms with Crippen LogP contribution in [0.15, 0.2) is 72.4 Å². The number of nitrogens with zero attached hydrogens (tertiary/aromatic N) is 4. The molecule has 150 valence electrons. The van der Waals surface area contributed by atoms with Crippen molar-refractivity contribution in [2.24, 2.45) is 0 Å². The second-order valence-corrected chi connectivity index (χ2v) is 8.57. The number of para-hydroxylation sites is 1. The maximum Gasteiger partial charge on any atom is 0.193 e. The Morgan fingerprint density at radius 1 is 1.00 bits per heavy atom. The molecule has 1 aliphatic heterocycles. The van der Waals surface area contributed by atoms with Crippen LogP contribution in [-0.4, -0.2) is 19.6 Å². The minimum Gasteiger partial charge on any atom is -0.351 e. The van der Waals surface area contributed by atoms with Crippen LogP contribution in [0.4, 0.5) is 5.69 Å². The van der Waals surface area contributed by atoms with Crippen LogP contribution in [0.2, 0.25) is 0 Å². The van der Waals surface area contributed by atoms with Gasteiger partial charge in [0.1, 0.15) is 0 Å². The molecule has 3 aromatic heterocycles. The molecule has 5 nitrogen and oxygen atoms in total. The van der Waals surface area contributed by atoms with Crippen molar-refractivity contribution in [3.05, 3.63) is 95.0 Å². The Labute approximate surface area is 185 Å². The van der Waals surface area contributed by atoms with Gasteiger partial charge in [0.25, 0.3) is 0 Å². The SMILES string of the molecule is Cc1cc([C@@H]2[C@@H](c3ccccn3)NC(=S)N2c2ccccc2)c(C)n1-c1nccs1. The van der Waals surface area contributed by atoms with Crippen LogP contribution in [0, 0.1) is 13.8 Å². The minimum atomic E-state index is -0.0517. The Hall–Kier alpha value is -3.03. The first-order valence-corrected chi connectivity index (χ1v) is 11.1. The van der Waals surface area contributed by atoms with Crippen molar-refractivity contribution in [2.45, 2.75) is 25.9 Å². The van der Waals surface area contributed by atoms with Crippen molar-refractivity contribution in [3.63, 3.8) is 0 Å². The molecule has 1 aromatic carbocycles. The lowest BCUT2D eigenvalue weighted by molar-refractivity contribution is 0.565. The van der Waals surface area contributed by atoms with Crippen LogP contribution in [-0.2, 0) is 0 Å². The highest BCUT2D eigenvalue weighted by Gasteiger charge is 2.42. The number of hydrogen-bond acceptors (Lipinski definition) is 4. The van der Waals surface area contributed by atoms with Crippen molar-refractivity contribution in [2.75, 3.05) is 4.90 Å². The summed E-state index contributed by atoms with van der Waals surface area (Å²) in [6.07, 6.45) is 3.68. The molecule has 1 N–H and O–H groups in total. The van der Waals surface area contributed by atoms with Gasteiger partial charge in [0, 0.05) is 34.8 Å². The number of thiazole rings is 1. The van der Waals surface area contributed by atoms with Gasteiger partial charge in [-0.3, -0.25) is 9.55 Å². The Morgan fingerprint density at radius 3 is 2.50 bits per heavy atom. The van der Waals surface area contributed by atoms with Crippen molar-refractivity contribution < 1.29 is 0 Å². The van der Waals surface area contributed by atoms with Gasteiger partial charge in [-0.25, -0.2) is 4.98 Å². The zero-order valence-electron chi connectivity index (χ0n) is 16.7. The molecule has 1 aliphatic rings. The van der Waals surface area contributed by atoms with E-state index in [2.05, 4.69) is 62.9 Å². The van der Waals surface area contributed by atoms with E-state index in [1.54, 1.807) is 11.3 Å². The summed E-state index contributed by atoms with van der Waals surface area (Å²) >= 11 is 7.45. The van der Waals surface area contributed by atoms with E-state index >= 15 is 0 Å². The smallest absolute Gasteiger partial charge is 0.193 e. The summed E-state index contributed by atoms with van der Waals surface area (Å²) < 4.78 is 2.22. The van der Waals surface area contributed by atoms with E-state index in [1.165, 1.54) is 11.3 Å². The first kappa shape index (κ1) is 19.0. The van der Waals surface area contributed by atoms with Crippen molar-refractivity contribution in [1.29, 1.82) is 0 Å². The Balaban J connectivity index is 1.69. The standard InChI is InChI=1S/C23H21N5S2/c1-15-14-18(16(2)27(15)23-25-12-13-30-23)21-20(19-10-6-7-11-24-19)26-22(29)28(21)17-8-4-3-5-9-17/h3-14,20-21H,1-2H3,(H,26,29)/t20-,21-/m1/s1. The second-order valence-electron chi connectivity index (χ2n) is 7.31. The third-order valence-corrected chi connectivity index (χ3v) is 6.60. The summed E-state index contributed by atoms with van der Waals surface area (Å²) in [6.45, 7) is 4.28. The molecule has 0 saturated carbocycles. The van der Waals surface area contributed by atoms with Gasteiger partial charge in [-0.2, -0.15) is 0 Å². The molecule has 0 amide bonds. The van der Waals surface area contributed by atoms with E-state index in [-0.39, 0.29) is 12.1 Å². The highest BCUT2D eigenvalue weighted by molar-refractivity contribution is 7.80. The number of pyridine rings is 1. The molecule has 1 saturated heterocycles. The Bertz CT molecular complexity index is 1170. The fourth-order valence-electron chi connectivity index (χ4n) is 4.25. The third-order valence-electron chi connectivity index (χ3n) is 5.53. The number of rotatable bonds is 4. The van der Waals surface area contributed by atoms with Crippen molar-refractivity contribution >= 4 is 34.4 Å². The van der Waals surface area contributed by atoms with Gasteiger partial charge in [-0.1, -0.05) is 24.3 Å². The summed E-state index contributed by atoms with van der Waals surface area (Å²) in [5, 5.41) is 7.22. The predicted octanol–water partition coefficient (Wildman–Crippen LogP) is 5.12. The van der Waals surface area contributed by atoms with Crippen molar-refractivity contribution in [3.8, 4) is 5.13 Å². The maximum atomic E-state index is 5.81. The van der Waals surface area contributed by atoms with Crippen molar-refractivity contribution in [1.82, 2.24) is 19.9 Å². The quantitative estimate of drug-likeness (QED) is 0.454. The first-order valence-electron chi connectivity index (χ1n) is 9.79. The number of thiocarbonyl (C=S) groups is 1. The van der Waals surface area contributed by atoms with Gasteiger partial charge in [0.2, 0.25) is 0 Å². The summed E-state index contributed by atoms with van der Waals surface area (Å²) in [5.74, 6) is 0. The fraction of sp³-hybridized carbons (Fsp3) is 0.174. The molecular formula is C23H21N5S2. The average molecular weight is 432 g/mol. The van der Waals surface area contributed by atoms with Crippen LogP contribution in [0.25, 0.3) is 5.13 Å². The topological polar surface area (TPSA) is 46.0 Å². The predicted molar refractivity (Wildman–Crippen MR) is 125 cm³/mol. The van der Waals surface area contributed by atoms with Gasteiger partial charge in [0.15, 0.2) is 10.2 Å². The molecule has 5 rings (SSSR count). The van der Waals surface area contributed by atoms with Gasteiger partial charge in [-0.05, 0) is 62.0 Å². The van der Waals surface area contributed by atoms with Gasteiger partial charge in [-0.15, -0.1) is 11.3 Å². The number of anilines is 1. The molecular weight excluding hydrogens is 410 g/mol. The zero-order chi connectivity index (χ0) is 20.7. The van der Waals surface area contributed by atoms with Crippen LogP contribution in [0.1, 0.15) is 34.7 Å². The third kappa shape index (κ3) is 3.11. The fourth-order valence-corrected chi connectivity index (χ4v) is 5.34. The first-order chi connectivity index (χ1) is 14.6. The van der Waals surface area contributed by atoms with Crippen LogP contribution in [0.5, 0.6) is 0 Å². The summed E-state index contributed by atoms with van der Waals surface area (Å²) in [5.41, 5.74) is 5.58. The Kier molecular flexibility index (Phi) is 4.84. The van der Waals surface area contributed by atoms with Gasteiger partial charge < -0.3 is 10.2 Å². The molecule has 1 fully saturated rings. The molecule has 2 atom stereocenters. The van der Waals surface area contributed by atoms with E-state index in [4.69, 9.17) is 12.2 Å². The summed E-state index contributed by atoms with van der Waals surface area (Å²) in [4.78, 5) is 11.4. The number of aromatic nitrogens is 3. The zero-order valence-corrected chi connectivity index (χ0v) is 18.3. The highest BCUT2D eigenvalue weighted by atomic mass is 32.1. The molecule has 0 bridgehead atoms. The normalized spacial score (nSPS) is 18.6. The van der Waals surface area contributed by atoms with E-state index < -0.39 is 0 Å². The summed E-state index contributed by atoms with van der Waals surface area (Å²) in [6, 6.07) is 18.5. The maximum absolute atomic E-state index is 5.81. The van der Waals surface area contributed by atoms with E-state index in [9.17, 15) is 0 Å². The number of nitrogens with one attached hydrogen (secondary N) is 1. The van der Waals surface area contributed by atoms with Gasteiger partial charge in [0.05, 0.1) is 17.8 Å². The molecule has 0 aliphatic carbocycles.